The Hall–Kier alpha value is -1.75. The van der Waals surface area contributed by atoms with Crippen LogP contribution < -0.4 is 5.73 Å². The lowest BCUT2D eigenvalue weighted by Gasteiger charge is -2.05. The zero-order valence-electron chi connectivity index (χ0n) is 10.0. The number of nitrogen functional groups attached to an aromatic ring is 1. The number of anilines is 1. The highest BCUT2D eigenvalue weighted by Crippen LogP contribution is 2.22. The van der Waals surface area contributed by atoms with Gasteiger partial charge < -0.3 is 15.0 Å². The third-order valence-electron chi connectivity index (χ3n) is 2.73. The summed E-state index contributed by atoms with van der Waals surface area (Å²) in [5, 5.41) is 0.627. The van der Waals surface area contributed by atoms with Crippen LogP contribution in [0.15, 0.2) is 18.2 Å². The Morgan fingerprint density at radius 1 is 1.56 bits per heavy atom. The van der Waals surface area contributed by atoms with Crippen LogP contribution in [0, 0.1) is 0 Å². The number of hydrogen-bond acceptors (Lipinski definition) is 4. The van der Waals surface area contributed by atoms with Crippen molar-refractivity contribution in [3.8, 4) is 0 Å². The van der Waals surface area contributed by atoms with E-state index in [4.69, 9.17) is 17.3 Å². The van der Waals surface area contributed by atoms with Crippen LogP contribution in [0.2, 0.25) is 5.02 Å². The zero-order chi connectivity index (χ0) is 13.1. The molecule has 0 unspecified atom stereocenters. The number of rotatable bonds is 4. The summed E-state index contributed by atoms with van der Waals surface area (Å²) in [5.41, 5.74) is 7.53. The molecule has 2 rings (SSSR count). The first kappa shape index (κ1) is 12.7. The molecule has 96 valence electrons. The minimum Gasteiger partial charge on any atom is -0.469 e. The third-order valence-corrected chi connectivity index (χ3v) is 2.97. The first-order valence-electron chi connectivity index (χ1n) is 5.60. The monoisotopic (exact) mass is 267 g/mol. The van der Waals surface area contributed by atoms with Crippen LogP contribution in [0.25, 0.3) is 11.0 Å². The predicted molar refractivity (Wildman–Crippen MR) is 70.4 cm³/mol. The van der Waals surface area contributed by atoms with Crippen molar-refractivity contribution >= 4 is 34.6 Å². The highest BCUT2D eigenvalue weighted by atomic mass is 35.5. The van der Waals surface area contributed by atoms with Gasteiger partial charge in [-0.2, -0.15) is 0 Å². The number of nitrogens with zero attached hydrogens (tertiary/aromatic N) is 2. The van der Waals surface area contributed by atoms with Gasteiger partial charge in [0, 0.05) is 18.0 Å². The first-order valence-corrected chi connectivity index (χ1v) is 5.97. The van der Waals surface area contributed by atoms with Crippen LogP contribution in [0.1, 0.15) is 12.8 Å². The van der Waals surface area contributed by atoms with Gasteiger partial charge in [-0.15, -0.1) is 0 Å². The maximum atomic E-state index is 11.0. The lowest BCUT2D eigenvalue weighted by atomic mass is 10.3. The average molecular weight is 268 g/mol. The van der Waals surface area contributed by atoms with Gasteiger partial charge >= 0.3 is 5.97 Å². The van der Waals surface area contributed by atoms with Crippen LogP contribution in [0.3, 0.4) is 0 Å². The molecule has 18 heavy (non-hydrogen) atoms. The number of imidazole rings is 1. The minimum atomic E-state index is -0.221. The van der Waals surface area contributed by atoms with E-state index in [9.17, 15) is 4.79 Å². The molecule has 0 saturated carbocycles. The van der Waals surface area contributed by atoms with Crippen molar-refractivity contribution < 1.29 is 9.53 Å². The van der Waals surface area contributed by atoms with Crippen molar-refractivity contribution in [2.75, 3.05) is 12.8 Å². The molecule has 0 atom stereocenters. The van der Waals surface area contributed by atoms with Gasteiger partial charge in [0.2, 0.25) is 5.95 Å². The number of nitrogens with two attached hydrogens (primary N) is 1. The van der Waals surface area contributed by atoms with Crippen LogP contribution in [-0.4, -0.2) is 22.6 Å². The molecule has 2 N–H and O–H groups in total. The number of carbonyl (C=O) groups excluding carboxylic acids is 1. The molecule has 0 saturated heterocycles. The number of fused-ring (bicyclic) bond motifs is 1. The number of methoxy groups -OCH3 is 1. The average Bonchev–Trinajstić information content (AvgIpc) is 2.64. The van der Waals surface area contributed by atoms with E-state index in [1.807, 2.05) is 10.6 Å². The second kappa shape index (κ2) is 5.27. The number of aryl methyl sites for hydroxylation is 1. The summed E-state index contributed by atoms with van der Waals surface area (Å²) in [5.74, 6) is 0.207. The lowest BCUT2D eigenvalue weighted by Crippen LogP contribution is -2.06. The smallest absolute Gasteiger partial charge is 0.305 e. The molecule has 0 radical (unpaired) electrons. The number of carbonyl (C=O) groups is 1. The predicted octanol–water partition coefficient (Wildman–Crippen LogP) is 2.23. The summed E-state index contributed by atoms with van der Waals surface area (Å²) in [4.78, 5) is 15.3. The van der Waals surface area contributed by atoms with Gasteiger partial charge in [-0.05, 0) is 24.6 Å². The number of benzene rings is 1. The molecule has 0 aliphatic rings. The van der Waals surface area contributed by atoms with E-state index in [1.165, 1.54) is 7.11 Å². The largest absolute Gasteiger partial charge is 0.469 e. The Bertz CT molecular complexity index is 580. The molecular weight excluding hydrogens is 254 g/mol. The molecule has 0 aliphatic carbocycles. The number of ether oxygens (including phenoxy) is 1. The summed E-state index contributed by atoms with van der Waals surface area (Å²) < 4.78 is 6.46. The highest BCUT2D eigenvalue weighted by Gasteiger charge is 2.09. The molecule has 1 heterocycles. The van der Waals surface area contributed by atoms with Gasteiger partial charge in [0.15, 0.2) is 0 Å². The summed E-state index contributed by atoms with van der Waals surface area (Å²) in [6, 6.07) is 5.44. The van der Waals surface area contributed by atoms with Gasteiger partial charge in [-0.3, -0.25) is 4.79 Å². The SMILES string of the molecule is COC(=O)CCCn1c(N)nc2cc(Cl)ccc21. The quantitative estimate of drug-likeness (QED) is 0.863. The van der Waals surface area contributed by atoms with Crippen LogP contribution in [0.4, 0.5) is 5.95 Å². The van der Waals surface area contributed by atoms with E-state index < -0.39 is 0 Å². The van der Waals surface area contributed by atoms with Gasteiger partial charge in [-0.25, -0.2) is 4.98 Å². The molecule has 6 heteroatoms. The maximum absolute atomic E-state index is 11.0. The van der Waals surface area contributed by atoms with Crippen molar-refractivity contribution in [1.82, 2.24) is 9.55 Å². The Morgan fingerprint density at radius 3 is 3.06 bits per heavy atom. The molecule has 2 aromatic rings. The van der Waals surface area contributed by atoms with Gasteiger partial charge in [0.1, 0.15) is 0 Å². The Morgan fingerprint density at radius 2 is 2.33 bits per heavy atom. The molecule has 1 aromatic heterocycles. The van der Waals surface area contributed by atoms with E-state index in [1.54, 1.807) is 12.1 Å². The number of halogens is 1. The Balaban J connectivity index is 2.17. The third kappa shape index (κ3) is 2.56. The molecule has 5 nitrogen and oxygen atoms in total. The van der Waals surface area contributed by atoms with E-state index in [0.717, 1.165) is 11.0 Å². The fourth-order valence-electron chi connectivity index (χ4n) is 1.84. The van der Waals surface area contributed by atoms with Crippen molar-refractivity contribution in [2.24, 2.45) is 0 Å². The van der Waals surface area contributed by atoms with E-state index in [0.29, 0.717) is 30.4 Å². The number of aromatic nitrogens is 2. The number of hydrogen-bond donors (Lipinski definition) is 1. The van der Waals surface area contributed by atoms with Crippen molar-refractivity contribution in [1.29, 1.82) is 0 Å². The van der Waals surface area contributed by atoms with Crippen LogP contribution in [-0.2, 0) is 16.1 Å². The van der Waals surface area contributed by atoms with Gasteiger partial charge in [0.05, 0.1) is 18.1 Å². The fourth-order valence-corrected chi connectivity index (χ4v) is 2.01. The second-order valence-corrected chi connectivity index (χ2v) is 4.37. The molecule has 0 spiro atoms. The zero-order valence-corrected chi connectivity index (χ0v) is 10.8. The normalized spacial score (nSPS) is 10.8. The molecule has 0 bridgehead atoms. The Kier molecular flexibility index (Phi) is 3.72. The molecule has 0 fully saturated rings. The van der Waals surface area contributed by atoms with Gasteiger partial charge in [-0.1, -0.05) is 11.6 Å². The summed E-state index contributed by atoms with van der Waals surface area (Å²) in [6.07, 6.45) is 1.02. The maximum Gasteiger partial charge on any atom is 0.305 e. The molecule has 0 aliphatic heterocycles. The topological polar surface area (TPSA) is 70.1 Å². The second-order valence-electron chi connectivity index (χ2n) is 3.93. The molecule has 1 aromatic carbocycles. The molecular formula is C12H14ClN3O2. The Labute approximate surface area is 109 Å². The van der Waals surface area contributed by atoms with Gasteiger partial charge in [0.25, 0.3) is 0 Å². The standard InChI is InChI=1S/C12H14ClN3O2/c1-18-11(17)3-2-6-16-10-5-4-8(13)7-9(10)15-12(16)14/h4-5,7H,2-3,6H2,1H3,(H2,14,15). The van der Waals surface area contributed by atoms with Crippen molar-refractivity contribution in [3.63, 3.8) is 0 Å². The minimum absolute atomic E-state index is 0.221. The summed E-state index contributed by atoms with van der Waals surface area (Å²) in [6.45, 7) is 0.624. The summed E-state index contributed by atoms with van der Waals surface area (Å²) in [7, 11) is 1.38. The highest BCUT2D eigenvalue weighted by molar-refractivity contribution is 6.31. The first-order chi connectivity index (χ1) is 8.61. The van der Waals surface area contributed by atoms with E-state index in [-0.39, 0.29) is 5.97 Å². The number of esters is 1. The van der Waals surface area contributed by atoms with Crippen LogP contribution in [0.5, 0.6) is 0 Å². The molecule has 0 amide bonds. The van der Waals surface area contributed by atoms with Crippen molar-refractivity contribution in [3.05, 3.63) is 23.2 Å². The van der Waals surface area contributed by atoms with Crippen LogP contribution >= 0.6 is 11.6 Å². The van der Waals surface area contributed by atoms with Crippen molar-refractivity contribution in [2.45, 2.75) is 19.4 Å². The summed E-state index contributed by atoms with van der Waals surface area (Å²) >= 11 is 5.89. The van der Waals surface area contributed by atoms with E-state index >= 15 is 0 Å². The van der Waals surface area contributed by atoms with E-state index in [2.05, 4.69) is 9.72 Å². The lowest BCUT2D eigenvalue weighted by molar-refractivity contribution is -0.140. The fraction of sp³-hybridized carbons (Fsp3) is 0.333.